The van der Waals surface area contributed by atoms with E-state index in [1.807, 2.05) is 64.4 Å². The van der Waals surface area contributed by atoms with Crippen LogP contribution in [0.1, 0.15) is 28.7 Å². The number of hydrogen-bond acceptors (Lipinski definition) is 2. The van der Waals surface area contributed by atoms with Gasteiger partial charge in [-0.05, 0) is 61.2 Å². The summed E-state index contributed by atoms with van der Waals surface area (Å²) in [5.74, 6) is -0.0577. The molecule has 1 saturated heterocycles. The highest BCUT2D eigenvalue weighted by molar-refractivity contribution is 5.94. The number of anilines is 2. The number of nitrogens with one attached hydrogen (secondary N) is 1. The summed E-state index contributed by atoms with van der Waals surface area (Å²) in [7, 11) is 0. The third-order valence-electron chi connectivity index (χ3n) is 5.85. The number of carbonyl (C=O) groups is 2. The van der Waals surface area contributed by atoms with E-state index in [1.165, 1.54) is 16.7 Å². The van der Waals surface area contributed by atoms with Crippen molar-refractivity contribution in [1.82, 2.24) is 4.90 Å². The van der Waals surface area contributed by atoms with Crippen LogP contribution in [0.2, 0.25) is 0 Å². The van der Waals surface area contributed by atoms with Crippen LogP contribution in [0, 0.1) is 13.8 Å². The molecule has 0 aromatic heterocycles. The fraction of sp³-hybridized carbons (Fsp3) is 0.259. The maximum Gasteiger partial charge on any atom is 0.324 e. The number of nitrogens with zero attached hydrogens (tertiary/aromatic N) is 2. The van der Waals surface area contributed by atoms with Crippen LogP contribution in [0.3, 0.4) is 0 Å². The molecule has 164 valence electrons. The van der Waals surface area contributed by atoms with Crippen LogP contribution in [0.5, 0.6) is 0 Å². The van der Waals surface area contributed by atoms with E-state index in [-0.39, 0.29) is 11.9 Å². The van der Waals surface area contributed by atoms with Gasteiger partial charge in [-0.1, -0.05) is 54.1 Å². The summed E-state index contributed by atoms with van der Waals surface area (Å²) in [4.78, 5) is 29.2. The molecule has 0 saturated carbocycles. The lowest BCUT2D eigenvalue weighted by Crippen LogP contribution is -2.49. The third-order valence-corrected chi connectivity index (χ3v) is 5.85. The maximum absolute atomic E-state index is 13.2. The number of hydrogen-bond donors (Lipinski definition) is 1. The predicted octanol–water partition coefficient (Wildman–Crippen LogP) is 5.32. The smallest absolute Gasteiger partial charge is 0.324 e. The highest BCUT2D eigenvalue weighted by Crippen LogP contribution is 2.24. The lowest BCUT2D eigenvalue weighted by Gasteiger charge is -2.36. The van der Waals surface area contributed by atoms with Gasteiger partial charge in [0, 0.05) is 31.0 Å². The molecule has 1 aliphatic heterocycles. The first-order valence-electron chi connectivity index (χ1n) is 11.1. The lowest BCUT2D eigenvalue weighted by molar-refractivity contribution is -0.115. The molecule has 1 N–H and O–H groups in total. The average Bonchev–Trinajstić information content (AvgIpc) is 2.79. The van der Waals surface area contributed by atoms with E-state index in [0.29, 0.717) is 19.5 Å². The summed E-state index contributed by atoms with van der Waals surface area (Å²) >= 11 is 0. The minimum absolute atomic E-state index is 0.0259. The summed E-state index contributed by atoms with van der Waals surface area (Å²) in [6, 6.07) is 23.6. The fourth-order valence-corrected chi connectivity index (χ4v) is 4.06. The number of urea groups is 1. The molecule has 1 aliphatic rings. The first-order valence-corrected chi connectivity index (χ1v) is 11.1. The number of amides is 3. The first-order chi connectivity index (χ1) is 15.5. The van der Waals surface area contributed by atoms with E-state index >= 15 is 0 Å². The van der Waals surface area contributed by atoms with Gasteiger partial charge in [-0.2, -0.15) is 0 Å². The van der Waals surface area contributed by atoms with Crippen molar-refractivity contribution >= 4 is 23.3 Å². The van der Waals surface area contributed by atoms with E-state index in [1.54, 1.807) is 0 Å². The number of carbonyl (C=O) groups excluding carboxylic acids is 2. The Morgan fingerprint density at radius 1 is 0.938 bits per heavy atom. The molecule has 0 aliphatic carbocycles. The van der Waals surface area contributed by atoms with Gasteiger partial charge in [-0.3, -0.25) is 9.69 Å². The second-order valence-electron chi connectivity index (χ2n) is 8.40. The summed E-state index contributed by atoms with van der Waals surface area (Å²) in [6.45, 7) is 6.24. The Balaban J connectivity index is 1.40. The van der Waals surface area contributed by atoms with E-state index < -0.39 is 0 Å². The van der Waals surface area contributed by atoms with Crippen LogP contribution < -0.4 is 10.2 Å². The zero-order chi connectivity index (χ0) is 22.5. The molecule has 0 unspecified atom stereocenters. The van der Waals surface area contributed by atoms with Crippen LogP contribution in [0.4, 0.5) is 16.2 Å². The Morgan fingerprint density at radius 2 is 1.69 bits per heavy atom. The second kappa shape index (κ2) is 9.69. The number of aryl methyl sites for hydroxylation is 2. The summed E-state index contributed by atoms with van der Waals surface area (Å²) in [5.41, 5.74) is 6.15. The zero-order valence-corrected chi connectivity index (χ0v) is 18.7. The summed E-state index contributed by atoms with van der Waals surface area (Å²) in [6.07, 6.45) is 1.26. The Morgan fingerprint density at radius 3 is 2.44 bits per heavy atom. The third kappa shape index (κ3) is 5.17. The van der Waals surface area contributed by atoms with Crippen molar-refractivity contribution in [1.29, 1.82) is 0 Å². The molecule has 0 spiro atoms. The predicted molar refractivity (Wildman–Crippen MR) is 129 cm³/mol. The Hall–Kier alpha value is -3.60. The quantitative estimate of drug-likeness (QED) is 0.579. The lowest BCUT2D eigenvalue weighted by atomic mass is 10.0. The molecular weight excluding hydrogens is 398 g/mol. The van der Waals surface area contributed by atoms with Crippen LogP contribution in [-0.4, -0.2) is 29.9 Å². The highest BCUT2D eigenvalue weighted by atomic mass is 16.2. The summed E-state index contributed by atoms with van der Waals surface area (Å²) in [5, 5.41) is 2.93. The van der Waals surface area contributed by atoms with Gasteiger partial charge < -0.3 is 10.2 Å². The maximum atomic E-state index is 13.2. The standard InChI is InChI=1S/C27H29N3O2/c1-20-9-10-21(2)23(17-20)19-29-15-6-16-30(27(29)32)25-13-11-24(12-14-25)28-26(31)18-22-7-4-3-5-8-22/h3-5,7-14,17H,6,15-16,18-19H2,1-2H3,(H,28,31). The average molecular weight is 428 g/mol. The largest absolute Gasteiger partial charge is 0.326 e. The van der Waals surface area contributed by atoms with Crippen molar-refractivity contribution in [2.24, 2.45) is 0 Å². The van der Waals surface area contributed by atoms with Gasteiger partial charge >= 0.3 is 6.03 Å². The van der Waals surface area contributed by atoms with Gasteiger partial charge in [0.2, 0.25) is 5.91 Å². The van der Waals surface area contributed by atoms with Crippen molar-refractivity contribution in [2.45, 2.75) is 33.2 Å². The molecule has 0 radical (unpaired) electrons. The molecule has 0 atom stereocenters. The van der Waals surface area contributed by atoms with Gasteiger partial charge in [0.1, 0.15) is 0 Å². The highest BCUT2D eigenvalue weighted by Gasteiger charge is 2.27. The Bertz CT molecular complexity index is 1090. The molecule has 4 rings (SSSR count). The first kappa shape index (κ1) is 21.6. The molecular formula is C27H29N3O2. The molecule has 32 heavy (non-hydrogen) atoms. The van der Waals surface area contributed by atoms with E-state index in [0.717, 1.165) is 29.9 Å². The fourth-order valence-electron chi connectivity index (χ4n) is 4.06. The second-order valence-corrected chi connectivity index (χ2v) is 8.40. The van der Waals surface area contributed by atoms with Gasteiger partial charge in [0.05, 0.1) is 6.42 Å². The summed E-state index contributed by atoms with van der Waals surface area (Å²) < 4.78 is 0. The van der Waals surface area contributed by atoms with E-state index in [4.69, 9.17) is 0 Å². The van der Waals surface area contributed by atoms with Crippen molar-refractivity contribution in [3.63, 3.8) is 0 Å². The molecule has 1 fully saturated rings. The normalized spacial score (nSPS) is 13.9. The monoisotopic (exact) mass is 427 g/mol. The molecule has 3 aromatic carbocycles. The van der Waals surface area contributed by atoms with Crippen LogP contribution in [0.15, 0.2) is 72.8 Å². The minimum Gasteiger partial charge on any atom is -0.326 e. The van der Waals surface area contributed by atoms with Crippen molar-refractivity contribution in [3.05, 3.63) is 95.1 Å². The number of rotatable bonds is 6. The van der Waals surface area contributed by atoms with Crippen molar-refractivity contribution in [2.75, 3.05) is 23.3 Å². The molecule has 5 nitrogen and oxygen atoms in total. The van der Waals surface area contributed by atoms with E-state index in [2.05, 4.69) is 37.4 Å². The SMILES string of the molecule is Cc1ccc(C)c(CN2CCCN(c3ccc(NC(=O)Cc4ccccc4)cc3)C2=O)c1. The molecule has 0 bridgehead atoms. The molecule has 3 amide bonds. The van der Waals surface area contributed by atoms with Gasteiger partial charge in [-0.25, -0.2) is 4.79 Å². The van der Waals surface area contributed by atoms with Crippen LogP contribution >= 0.6 is 0 Å². The van der Waals surface area contributed by atoms with Crippen molar-refractivity contribution in [3.8, 4) is 0 Å². The van der Waals surface area contributed by atoms with Crippen LogP contribution in [-0.2, 0) is 17.8 Å². The molecule has 5 heteroatoms. The zero-order valence-electron chi connectivity index (χ0n) is 18.7. The molecule has 1 heterocycles. The minimum atomic E-state index is -0.0577. The van der Waals surface area contributed by atoms with Gasteiger partial charge in [0.25, 0.3) is 0 Å². The topological polar surface area (TPSA) is 52.6 Å². The van der Waals surface area contributed by atoms with Gasteiger partial charge in [-0.15, -0.1) is 0 Å². The van der Waals surface area contributed by atoms with Crippen LogP contribution in [0.25, 0.3) is 0 Å². The van der Waals surface area contributed by atoms with Gasteiger partial charge in [0.15, 0.2) is 0 Å². The Labute approximate surface area is 189 Å². The van der Waals surface area contributed by atoms with Crippen molar-refractivity contribution < 1.29 is 9.59 Å². The number of benzene rings is 3. The van der Waals surface area contributed by atoms with E-state index in [9.17, 15) is 9.59 Å². The molecule has 3 aromatic rings. The Kier molecular flexibility index (Phi) is 6.55.